The van der Waals surface area contributed by atoms with Crippen LogP contribution in [-0.2, 0) is 6.54 Å². The molecular weight excluding hydrogens is 244 g/mol. The van der Waals surface area contributed by atoms with Gasteiger partial charge in [-0.25, -0.2) is 0 Å². The summed E-state index contributed by atoms with van der Waals surface area (Å²) in [5.41, 5.74) is 7.00. The summed E-state index contributed by atoms with van der Waals surface area (Å²) in [7, 11) is 0. The SMILES string of the molecule is CCn1cc(N)c(C(=O)Nc2cnn(C(C)C)c2)n1. The molecule has 0 aliphatic carbocycles. The van der Waals surface area contributed by atoms with Crippen LogP contribution in [0.25, 0.3) is 0 Å². The number of nitrogens with one attached hydrogen (secondary N) is 1. The molecule has 102 valence electrons. The molecule has 2 rings (SSSR count). The molecule has 0 bridgehead atoms. The molecule has 0 unspecified atom stereocenters. The molecule has 2 heterocycles. The fourth-order valence-corrected chi connectivity index (χ4v) is 1.65. The minimum atomic E-state index is -0.326. The lowest BCUT2D eigenvalue weighted by Gasteiger charge is -2.03. The van der Waals surface area contributed by atoms with Crippen molar-refractivity contribution in [3.63, 3.8) is 0 Å². The van der Waals surface area contributed by atoms with Gasteiger partial charge in [0.25, 0.3) is 5.91 Å². The molecule has 0 fully saturated rings. The second kappa shape index (κ2) is 5.13. The Hall–Kier alpha value is -2.31. The zero-order valence-electron chi connectivity index (χ0n) is 11.3. The van der Waals surface area contributed by atoms with Crippen LogP contribution in [0.1, 0.15) is 37.3 Å². The molecule has 3 N–H and O–H groups in total. The number of anilines is 2. The van der Waals surface area contributed by atoms with E-state index in [1.54, 1.807) is 28.0 Å². The molecular formula is C12H18N6O. The van der Waals surface area contributed by atoms with Crippen LogP contribution >= 0.6 is 0 Å². The van der Waals surface area contributed by atoms with Gasteiger partial charge in [-0.1, -0.05) is 0 Å². The van der Waals surface area contributed by atoms with Crippen LogP contribution < -0.4 is 11.1 Å². The van der Waals surface area contributed by atoms with Crippen LogP contribution in [0.4, 0.5) is 11.4 Å². The first-order valence-corrected chi connectivity index (χ1v) is 6.19. The average molecular weight is 262 g/mol. The van der Waals surface area contributed by atoms with E-state index in [1.807, 2.05) is 20.8 Å². The third kappa shape index (κ3) is 2.75. The number of amides is 1. The molecule has 7 heteroatoms. The molecule has 1 amide bonds. The normalized spacial score (nSPS) is 10.9. The molecule has 2 aromatic heterocycles. The predicted octanol–water partition coefficient (Wildman–Crippen LogP) is 1.51. The zero-order valence-corrected chi connectivity index (χ0v) is 11.3. The number of aromatic nitrogens is 4. The summed E-state index contributed by atoms with van der Waals surface area (Å²) in [6, 6.07) is 0.245. The van der Waals surface area contributed by atoms with Crippen molar-refractivity contribution in [1.29, 1.82) is 0 Å². The Kier molecular flexibility index (Phi) is 3.55. The highest BCUT2D eigenvalue weighted by Crippen LogP contribution is 2.14. The van der Waals surface area contributed by atoms with Crippen LogP contribution in [0.15, 0.2) is 18.6 Å². The van der Waals surface area contributed by atoms with Crippen molar-refractivity contribution < 1.29 is 4.79 Å². The van der Waals surface area contributed by atoms with Crippen LogP contribution in [0, 0.1) is 0 Å². The molecule has 0 radical (unpaired) electrons. The van der Waals surface area contributed by atoms with E-state index in [4.69, 9.17) is 5.73 Å². The summed E-state index contributed by atoms with van der Waals surface area (Å²) in [5, 5.41) is 11.0. The summed E-state index contributed by atoms with van der Waals surface area (Å²) < 4.78 is 3.39. The van der Waals surface area contributed by atoms with Crippen molar-refractivity contribution in [3.8, 4) is 0 Å². The molecule has 19 heavy (non-hydrogen) atoms. The number of nitrogen functional groups attached to an aromatic ring is 1. The Morgan fingerprint density at radius 1 is 1.47 bits per heavy atom. The van der Waals surface area contributed by atoms with Gasteiger partial charge >= 0.3 is 0 Å². The van der Waals surface area contributed by atoms with E-state index in [0.29, 0.717) is 17.9 Å². The number of hydrogen-bond donors (Lipinski definition) is 2. The fraction of sp³-hybridized carbons (Fsp3) is 0.417. The first-order chi connectivity index (χ1) is 9.01. The van der Waals surface area contributed by atoms with Gasteiger partial charge in [0.15, 0.2) is 5.69 Å². The van der Waals surface area contributed by atoms with Crippen molar-refractivity contribution in [1.82, 2.24) is 19.6 Å². The summed E-state index contributed by atoms with van der Waals surface area (Å²) in [6.07, 6.45) is 5.02. The quantitative estimate of drug-likeness (QED) is 0.873. The molecule has 0 saturated heterocycles. The minimum absolute atomic E-state index is 0.235. The topological polar surface area (TPSA) is 90.8 Å². The Morgan fingerprint density at radius 2 is 2.21 bits per heavy atom. The van der Waals surface area contributed by atoms with Crippen LogP contribution in [-0.4, -0.2) is 25.5 Å². The molecule has 0 aromatic carbocycles. The van der Waals surface area contributed by atoms with E-state index in [2.05, 4.69) is 15.5 Å². The van der Waals surface area contributed by atoms with Gasteiger partial charge in [-0.15, -0.1) is 0 Å². The number of carbonyl (C=O) groups is 1. The summed E-state index contributed by atoms with van der Waals surface area (Å²) in [5.74, 6) is -0.326. The third-order valence-corrected chi connectivity index (χ3v) is 2.72. The van der Waals surface area contributed by atoms with Gasteiger partial charge in [0, 0.05) is 25.0 Å². The Balaban J connectivity index is 2.13. The highest BCUT2D eigenvalue weighted by atomic mass is 16.2. The monoisotopic (exact) mass is 262 g/mol. The van der Waals surface area contributed by atoms with E-state index in [9.17, 15) is 4.79 Å². The molecule has 7 nitrogen and oxygen atoms in total. The molecule has 0 aliphatic heterocycles. The maximum Gasteiger partial charge on any atom is 0.278 e. The van der Waals surface area contributed by atoms with Crippen LogP contribution in [0.5, 0.6) is 0 Å². The molecule has 0 aliphatic rings. The van der Waals surface area contributed by atoms with Crippen molar-refractivity contribution in [3.05, 3.63) is 24.3 Å². The van der Waals surface area contributed by atoms with Crippen LogP contribution in [0.2, 0.25) is 0 Å². The Labute approximate surface area is 111 Å². The average Bonchev–Trinajstić information content (AvgIpc) is 2.95. The smallest absolute Gasteiger partial charge is 0.278 e. The highest BCUT2D eigenvalue weighted by molar-refractivity contribution is 6.06. The van der Waals surface area contributed by atoms with Crippen LogP contribution in [0.3, 0.4) is 0 Å². The first kappa shape index (κ1) is 13.1. The predicted molar refractivity (Wildman–Crippen MR) is 72.9 cm³/mol. The van der Waals surface area contributed by atoms with Gasteiger partial charge < -0.3 is 11.1 Å². The van der Waals surface area contributed by atoms with Gasteiger partial charge in [0.05, 0.1) is 17.6 Å². The van der Waals surface area contributed by atoms with E-state index in [-0.39, 0.29) is 17.6 Å². The molecule has 0 saturated carbocycles. The Morgan fingerprint density at radius 3 is 2.74 bits per heavy atom. The number of nitrogens with two attached hydrogens (primary N) is 1. The van der Waals surface area contributed by atoms with Crippen molar-refractivity contribution in [2.45, 2.75) is 33.4 Å². The maximum atomic E-state index is 12.0. The molecule has 2 aromatic rings. The number of carbonyl (C=O) groups excluding carboxylic acids is 1. The number of hydrogen-bond acceptors (Lipinski definition) is 4. The lowest BCUT2D eigenvalue weighted by atomic mass is 10.3. The first-order valence-electron chi connectivity index (χ1n) is 6.19. The van der Waals surface area contributed by atoms with E-state index in [0.717, 1.165) is 0 Å². The second-order valence-corrected chi connectivity index (χ2v) is 4.55. The van der Waals surface area contributed by atoms with E-state index < -0.39 is 0 Å². The third-order valence-electron chi connectivity index (χ3n) is 2.72. The van der Waals surface area contributed by atoms with E-state index in [1.165, 1.54) is 0 Å². The van der Waals surface area contributed by atoms with Gasteiger partial charge in [-0.2, -0.15) is 10.2 Å². The van der Waals surface area contributed by atoms with Gasteiger partial charge in [0.1, 0.15) is 0 Å². The largest absolute Gasteiger partial charge is 0.396 e. The van der Waals surface area contributed by atoms with Gasteiger partial charge in [-0.05, 0) is 20.8 Å². The Bertz CT molecular complexity index is 583. The number of aryl methyl sites for hydroxylation is 1. The van der Waals surface area contributed by atoms with E-state index >= 15 is 0 Å². The zero-order chi connectivity index (χ0) is 14.0. The second-order valence-electron chi connectivity index (χ2n) is 4.55. The number of nitrogens with zero attached hydrogens (tertiary/aromatic N) is 4. The van der Waals surface area contributed by atoms with Crippen molar-refractivity contribution in [2.75, 3.05) is 11.1 Å². The summed E-state index contributed by atoms with van der Waals surface area (Å²) in [4.78, 5) is 12.0. The van der Waals surface area contributed by atoms with Gasteiger partial charge in [0.2, 0.25) is 0 Å². The summed E-state index contributed by atoms with van der Waals surface area (Å²) in [6.45, 7) is 6.63. The van der Waals surface area contributed by atoms with Crippen molar-refractivity contribution >= 4 is 17.3 Å². The highest BCUT2D eigenvalue weighted by Gasteiger charge is 2.15. The molecule has 0 atom stereocenters. The lowest BCUT2D eigenvalue weighted by molar-refractivity contribution is 0.102. The summed E-state index contributed by atoms with van der Waals surface area (Å²) >= 11 is 0. The van der Waals surface area contributed by atoms with Crippen molar-refractivity contribution in [2.24, 2.45) is 0 Å². The fourth-order valence-electron chi connectivity index (χ4n) is 1.65. The van der Waals surface area contributed by atoms with Gasteiger partial charge in [-0.3, -0.25) is 14.2 Å². The lowest BCUT2D eigenvalue weighted by Crippen LogP contribution is -2.14. The standard InChI is InChI=1S/C12H18N6O/c1-4-17-7-10(13)11(16-17)12(19)15-9-5-14-18(6-9)8(2)3/h5-8H,4,13H2,1-3H3,(H,15,19). The maximum absolute atomic E-state index is 12.0. The molecule has 0 spiro atoms. The minimum Gasteiger partial charge on any atom is -0.396 e. The number of rotatable bonds is 4.